The molecule has 0 aliphatic carbocycles. The van der Waals surface area contributed by atoms with E-state index in [0.29, 0.717) is 6.42 Å². The van der Waals surface area contributed by atoms with Gasteiger partial charge in [-0.25, -0.2) is 0 Å². The second-order valence-electron chi connectivity index (χ2n) is 3.33. The Hall–Kier alpha value is -1.57. The lowest BCUT2D eigenvalue weighted by Gasteiger charge is -2.10. The van der Waals surface area contributed by atoms with Crippen LogP contribution in [0, 0.1) is 6.92 Å². The first-order valence-electron chi connectivity index (χ1n) is 4.55. The lowest BCUT2D eigenvalue weighted by molar-refractivity contribution is -0.138. The summed E-state index contributed by atoms with van der Waals surface area (Å²) in [4.78, 5) is 10.9. The third-order valence-corrected chi connectivity index (χ3v) is 2.18. The van der Waals surface area contributed by atoms with Crippen molar-refractivity contribution < 1.29 is 9.90 Å². The Labute approximate surface area is 83.9 Å². The molecule has 74 valence electrons. The molecule has 0 aliphatic heterocycles. The van der Waals surface area contributed by atoms with Crippen LogP contribution in [0.25, 0.3) is 0 Å². The largest absolute Gasteiger partial charge is 0.481 e. The molecule has 0 amide bonds. The zero-order valence-electron chi connectivity index (χ0n) is 8.23. The highest BCUT2D eigenvalue weighted by Crippen LogP contribution is 2.20. The van der Waals surface area contributed by atoms with E-state index in [4.69, 9.17) is 5.11 Å². The highest BCUT2D eigenvalue weighted by Gasteiger charge is 2.17. The molecule has 1 N–H and O–H groups in total. The van der Waals surface area contributed by atoms with Crippen LogP contribution in [0.1, 0.15) is 23.5 Å². The van der Waals surface area contributed by atoms with Gasteiger partial charge >= 0.3 is 5.97 Å². The molecule has 1 atom stereocenters. The van der Waals surface area contributed by atoms with Crippen molar-refractivity contribution in [3.63, 3.8) is 0 Å². The van der Waals surface area contributed by atoms with Crippen molar-refractivity contribution in [1.82, 2.24) is 0 Å². The highest BCUT2D eigenvalue weighted by atomic mass is 16.4. The van der Waals surface area contributed by atoms with Gasteiger partial charge in [0.05, 0.1) is 5.92 Å². The molecular weight excluding hydrogens is 176 g/mol. The van der Waals surface area contributed by atoms with Crippen molar-refractivity contribution in [2.24, 2.45) is 0 Å². The fraction of sp³-hybridized carbons (Fsp3) is 0.250. The minimum absolute atomic E-state index is 0.465. The maximum atomic E-state index is 10.9. The second kappa shape index (κ2) is 4.61. The van der Waals surface area contributed by atoms with Crippen LogP contribution >= 0.6 is 0 Å². The lowest BCUT2D eigenvalue weighted by Crippen LogP contribution is -2.10. The van der Waals surface area contributed by atoms with Crippen molar-refractivity contribution in [2.75, 3.05) is 0 Å². The standard InChI is InChI=1S/C12H14O2/c1-3-4-11(12(13)14)10-7-5-9(2)6-8-10/h3,5-8,11H,1,4H2,2H3,(H,13,14)/t11-/m0/s1. The molecule has 2 nitrogen and oxygen atoms in total. The van der Waals surface area contributed by atoms with Gasteiger partial charge < -0.3 is 5.11 Å². The molecule has 0 saturated carbocycles. The summed E-state index contributed by atoms with van der Waals surface area (Å²) in [6.07, 6.45) is 2.11. The zero-order chi connectivity index (χ0) is 10.6. The fourth-order valence-electron chi connectivity index (χ4n) is 1.34. The van der Waals surface area contributed by atoms with Crippen LogP contribution in [-0.4, -0.2) is 11.1 Å². The molecule has 1 rings (SSSR count). The predicted octanol–water partition coefficient (Wildman–Crippen LogP) is 2.74. The molecule has 1 aromatic carbocycles. The van der Waals surface area contributed by atoms with E-state index in [9.17, 15) is 4.79 Å². The van der Waals surface area contributed by atoms with Crippen molar-refractivity contribution in [2.45, 2.75) is 19.3 Å². The number of benzene rings is 1. The van der Waals surface area contributed by atoms with Gasteiger partial charge in [-0.1, -0.05) is 35.9 Å². The van der Waals surface area contributed by atoms with Crippen molar-refractivity contribution >= 4 is 5.97 Å². The van der Waals surface area contributed by atoms with E-state index < -0.39 is 11.9 Å². The third-order valence-electron chi connectivity index (χ3n) is 2.18. The summed E-state index contributed by atoms with van der Waals surface area (Å²) in [7, 11) is 0. The first kappa shape index (κ1) is 10.5. The number of hydrogen-bond acceptors (Lipinski definition) is 1. The van der Waals surface area contributed by atoms with Crippen LogP contribution in [0.3, 0.4) is 0 Å². The smallest absolute Gasteiger partial charge is 0.311 e. The molecule has 0 heterocycles. The van der Waals surface area contributed by atoms with Gasteiger partial charge in [0.1, 0.15) is 0 Å². The minimum Gasteiger partial charge on any atom is -0.481 e. The molecule has 0 spiro atoms. The first-order valence-corrected chi connectivity index (χ1v) is 4.55. The summed E-state index contributed by atoms with van der Waals surface area (Å²) >= 11 is 0. The van der Waals surface area contributed by atoms with Gasteiger partial charge in [0.15, 0.2) is 0 Å². The Kier molecular flexibility index (Phi) is 3.46. The van der Waals surface area contributed by atoms with Gasteiger partial charge in [-0.05, 0) is 18.9 Å². The Morgan fingerprint density at radius 1 is 1.50 bits per heavy atom. The Morgan fingerprint density at radius 2 is 2.07 bits per heavy atom. The maximum Gasteiger partial charge on any atom is 0.311 e. The zero-order valence-corrected chi connectivity index (χ0v) is 8.23. The number of hydrogen-bond donors (Lipinski definition) is 1. The SMILES string of the molecule is C=CC[C@H](C(=O)O)c1ccc(C)cc1. The number of allylic oxidation sites excluding steroid dienone is 1. The van der Waals surface area contributed by atoms with Crippen LogP contribution in [-0.2, 0) is 4.79 Å². The molecule has 0 bridgehead atoms. The Bertz CT molecular complexity index is 325. The fourth-order valence-corrected chi connectivity index (χ4v) is 1.34. The van der Waals surface area contributed by atoms with E-state index in [1.165, 1.54) is 0 Å². The number of aliphatic carboxylic acids is 1. The van der Waals surface area contributed by atoms with E-state index in [2.05, 4.69) is 6.58 Å². The minimum atomic E-state index is -0.797. The lowest BCUT2D eigenvalue weighted by atomic mass is 9.95. The highest BCUT2D eigenvalue weighted by molar-refractivity contribution is 5.76. The van der Waals surface area contributed by atoms with Gasteiger partial charge in [0.2, 0.25) is 0 Å². The molecule has 2 heteroatoms. The molecule has 0 radical (unpaired) electrons. The van der Waals surface area contributed by atoms with Crippen LogP contribution < -0.4 is 0 Å². The number of carboxylic acid groups (broad SMARTS) is 1. The molecule has 0 aliphatic rings. The summed E-state index contributed by atoms with van der Waals surface area (Å²) in [6.45, 7) is 5.54. The van der Waals surface area contributed by atoms with Crippen molar-refractivity contribution in [3.05, 3.63) is 48.0 Å². The summed E-state index contributed by atoms with van der Waals surface area (Å²) in [6, 6.07) is 7.57. The normalized spacial score (nSPS) is 12.1. The number of aryl methyl sites for hydroxylation is 1. The van der Waals surface area contributed by atoms with Gasteiger partial charge in [-0.15, -0.1) is 6.58 Å². The predicted molar refractivity (Wildman–Crippen MR) is 56.4 cm³/mol. The van der Waals surface area contributed by atoms with Gasteiger partial charge in [0, 0.05) is 0 Å². The third kappa shape index (κ3) is 2.46. The molecule has 0 unspecified atom stereocenters. The Balaban J connectivity index is 2.93. The topological polar surface area (TPSA) is 37.3 Å². The first-order chi connectivity index (χ1) is 6.65. The van der Waals surface area contributed by atoms with E-state index >= 15 is 0 Å². The van der Waals surface area contributed by atoms with Crippen LogP contribution in [0.5, 0.6) is 0 Å². The maximum absolute atomic E-state index is 10.9. The van der Waals surface area contributed by atoms with E-state index in [0.717, 1.165) is 11.1 Å². The van der Waals surface area contributed by atoms with Crippen molar-refractivity contribution in [3.8, 4) is 0 Å². The molecule has 0 saturated heterocycles. The van der Waals surface area contributed by atoms with Crippen LogP contribution in [0.2, 0.25) is 0 Å². The number of carboxylic acids is 1. The Morgan fingerprint density at radius 3 is 2.50 bits per heavy atom. The van der Waals surface area contributed by atoms with E-state index in [1.54, 1.807) is 6.08 Å². The van der Waals surface area contributed by atoms with Crippen LogP contribution in [0.15, 0.2) is 36.9 Å². The summed E-state index contributed by atoms with van der Waals surface area (Å²) in [5.74, 6) is -1.26. The number of rotatable bonds is 4. The quantitative estimate of drug-likeness (QED) is 0.741. The summed E-state index contributed by atoms with van der Waals surface area (Å²) in [5.41, 5.74) is 1.97. The summed E-state index contributed by atoms with van der Waals surface area (Å²) in [5, 5.41) is 8.98. The molecule has 14 heavy (non-hydrogen) atoms. The molecular formula is C12H14O2. The number of carbonyl (C=O) groups is 1. The molecule has 0 aromatic heterocycles. The van der Waals surface area contributed by atoms with E-state index in [1.807, 2.05) is 31.2 Å². The van der Waals surface area contributed by atoms with Gasteiger partial charge in [-0.2, -0.15) is 0 Å². The van der Waals surface area contributed by atoms with E-state index in [-0.39, 0.29) is 0 Å². The van der Waals surface area contributed by atoms with Gasteiger partial charge in [-0.3, -0.25) is 4.79 Å². The van der Waals surface area contributed by atoms with Crippen LogP contribution in [0.4, 0.5) is 0 Å². The molecule has 0 fully saturated rings. The average Bonchev–Trinajstić information content (AvgIpc) is 2.15. The van der Waals surface area contributed by atoms with Crippen molar-refractivity contribution in [1.29, 1.82) is 0 Å². The second-order valence-corrected chi connectivity index (χ2v) is 3.33. The summed E-state index contributed by atoms with van der Waals surface area (Å²) < 4.78 is 0. The monoisotopic (exact) mass is 190 g/mol. The van der Waals surface area contributed by atoms with Gasteiger partial charge in [0.25, 0.3) is 0 Å². The average molecular weight is 190 g/mol. The molecule has 1 aromatic rings.